The van der Waals surface area contributed by atoms with Crippen molar-refractivity contribution < 1.29 is 19.4 Å². The molecule has 1 saturated heterocycles. The van der Waals surface area contributed by atoms with E-state index in [1.54, 1.807) is 11.8 Å². The second-order valence-corrected chi connectivity index (χ2v) is 5.42. The predicted octanol–water partition coefficient (Wildman–Crippen LogP) is 1.59. The molecular formula is C12H13NO4S. The molecule has 2 aliphatic rings. The molecule has 0 spiro atoms. The highest BCUT2D eigenvalue weighted by Gasteiger charge is 2.28. The monoisotopic (exact) mass is 267 g/mol. The first kappa shape index (κ1) is 11.7. The van der Waals surface area contributed by atoms with E-state index in [2.05, 4.69) is 5.32 Å². The molecule has 2 atom stereocenters. The van der Waals surface area contributed by atoms with Gasteiger partial charge >= 0.3 is 5.97 Å². The van der Waals surface area contributed by atoms with E-state index < -0.39 is 12.0 Å². The molecule has 1 aromatic carbocycles. The van der Waals surface area contributed by atoms with Gasteiger partial charge in [0.15, 0.2) is 11.5 Å². The summed E-state index contributed by atoms with van der Waals surface area (Å²) in [6.45, 7) is 0.252. The fourth-order valence-corrected chi connectivity index (χ4v) is 3.29. The molecule has 2 heterocycles. The second kappa shape index (κ2) is 4.70. The molecule has 1 aromatic rings. The molecular weight excluding hydrogens is 254 g/mol. The standard InChI is InChI=1S/C12H13NO4S/c14-12(15)8-3-4-18-11(13-8)7-1-2-9-10(5-7)17-6-16-9/h1-2,5,8,11,13H,3-4,6H2,(H,14,15). The van der Waals surface area contributed by atoms with Crippen LogP contribution in [0.5, 0.6) is 11.5 Å². The van der Waals surface area contributed by atoms with E-state index in [9.17, 15) is 4.79 Å². The Bertz CT molecular complexity index is 479. The van der Waals surface area contributed by atoms with Crippen molar-refractivity contribution in [1.29, 1.82) is 0 Å². The number of ether oxygens (including phenoxy) is 2. The molecule has 2 unspecified atom stereocenters. The number of nitrogens with one attached hydrogen (secondary N) is 1. The summed E-state index contributed by atoms with van der Waals surface area (Å²) in [5.74, 6) is 1.52. The Morgan fingerprint density at radius 3 is 3.06 bits per heavy atom. The molecule has 2 N–H and O–H groups in total. The van der Waals surface area contributed by atoms with Crippen LogP contribution in [-0.2, 0) is 4.79 Å². The second-order valence-electron chi connectivity index (χ2n) is 4.21. The van der Waals surface area contributed by atoms with E-state index in [0.29, 0.717) is 6.42 Å². The SMILES string of the molecule is O=C(O)C1CCSC(c2ccc3c(c2)OCO3)N1. The van der Waals surface area contributed by atoms with Gasteiger partial charge in [-0.25, -0.2) is 0 Å². The van der Waals surface area contributed by atoms with Gasteiger partial charge in [-0.2, -0.15) is 0 Å². The quantitative estimate of drug-likeness (QED) is 0.848. The zero-order valence-corrected chi connectivity index (χ0v) is 10.4. The molecule has 0 radical (unpaired) electrons. The van der Waals surface area contributed by atoms with E-state index in [-0.39, 0.29) is 12.2 Å². The fraction of sp³-hybridized carbons (Fsp3) is 0.417. The maximum atomic E-state index is 11.0. The number of carboxylic acid groups (broad SMARTS) is 1. The number of thioether (sulfide) groups is 1. The number of fused-ring (bicyclic) bond motifs is 1. The number of carbonyl (C=O) groups is 1. The van der Waals surface area contributed by atoms with Crippen molar-refractivity contribution in [3.63, 3.8) is 0 Å². The molecule has 5 nitrogen and oxygen atoms in total. The van der Waals surface area contributed by atoms with Crippen molar-refractivity contribution >= 4 is 17.7 Å². The minimum absolute atomic E-state index is 0.00523. The van der Waals surface area contributed by atoms with Crippen LogP contribution in [0.1, 0.15) is 17.4 Å². The summed E-state index contributed by atoms with van der Waals surface area (Å²) in [5, 5.41) is 12.2. The summed E-state index contributed by atoms with van der Waals surface area (Å²) in [7, 11) is 0. The maximum Gasteiger partial charge on any atom is 0.320 e. The van der Waals surface area contributed by atoms with Gasteiger partial charge in [0.05, 0.1) is 5.37 Å². The van der Waals surface area contributed by atoms with Gasteiger partial charge in [0.25, 0.3) is 0 Å². The first-order valence-corrected chi connectivity index (χ1v) is 6.79. The van der Waals surface area contributed by atoms with Crippen molar-refractivity contribution in [3.05, 3.63) is 23.8 Å². The molecule has 6 heteroatoms. The summed E-state index contributed by atoms with van der Waals surface area (Å²) < 4.78 is 10.6. The summed E-state index contributed by atoms with van der Waals surface area (Å²) in [5.41, 5.74) is 1.02. The molecule has 0 aliphatic carbocycles. The fourth-order valence-electron chi connectivity index (χ4n) is 2.08. The molecule has 0 bridgehead atoms. The van der Waals surface area contributed by atoms with Gasteiger partial charge in [0, 0.05) is 0 Å². The minimum Gasteiger partial charge on any atom is -0.480 e. The number of hydrogen-bond acceptors (Lipinski definition) is 5. The highest BCUT2D eigenvalue weighted by molar-refractivity contribution is 7.99. The van der Waals surface area contributed by atoms with Gasteiger partial charge in [0.2, 0.25) is 6.79 Å². The lowest BCUT2D eigenvalue weighted by molar-refractivity contribution is -0.139. The van der Waals surface area contributed by atoms with Crippen LogP contribution in [0.4, 0.5) is 0 Å². The summed E-state index contributed by atoms with van der Waals surface area (Å²) in [4.78, 5) is 11.0. The predicted molar refractivity (Wildman–Crippen MR) is 66.9 cm³/mol. The summed E-state index contributed by atoms with van der Waals surface area (Å²) >= 11 is 1.71. The van der Waals surface area contributed by atoms with Gasteiger partial charge in [-0.1, -0.05) is 6.07 Å². The van der Waals surface area contributed by atoms with E-state index in [1.807, 2.05) is 18.2 Å². The highest BCUT2D eigenvalue weighted by atomic mass is 32.2. The van der Waals surface area contributed by atoms with Crippen LogP contribution in [0, 0.1) is 0 Å². The molecule has 0 aromatic heterocycles. The third-order valence-electron chi connectivity index (χ3n) is 3.04. The van der Waals surface area contributed by atoms with Crippen molar-refractivity contribution in [2.45, 2.75) is 17.8 Å². The first-order chi connectivity index (χ1) is 8.74. The number of aliphatic carboxylic acids is 1. The Kier molecular flexibility index (Phi) is 3.05. The average molecular weight is 267 g/mol. The lowest BCUT2D eigenvalue weighted by Crippen LogP contribution is -2.41. The highest BCUT2D eigenvalue weighted by Crippen LogP contribution is 2.38. The molecule has 96 valence electrons. The van der Waals surface area contributed by atoms with Crippen LogP contribution in [0.25, 0.3) is 0 Å². The van der Waals surface area contributed by atoms with E-state index in [1.165, 1.54) is 0 Å². The van der Waals surface area contributed by atoms with Crippen LogP contribution >= 0.6 is 11.8 Å². The van der Waals surface area contributed by atoms with Crippen LogP contribution in [0.2, 0.25) is 0 Å². The number of rotatable bonds is 2. The third kappa shape index (κ3) is 2.13. The summed E-state index contributed by atoms with van der Waals surface area (Å²) in [6.07, 6.45) is 0.654. The number of carboxylic acids is 1. The summed E-state index contributed by atoms with van der Waals surface area (Å²) in [6, 6.07) is 5.26. The smallest absolute Gasteiger partial charge is 0.320 e. The van der Waals surface area contributed by atoms with Gasteiger partial charge in [-0.3, -0.25) is 10.1 Å². The Hall–Kier alpha value is -1.40. The van der Waals surface area contributed by atoms with Gasteiger partial charge < -0.3 is 14.6 Å². The largest absolute Gasteiger partial charge is 0.480 e. The minimum atomic E-state index is -0.791. The van der Waals surface area contributed by atoms with E-state index in [0.717, 1.165) is 22.8 Å². The van der Waals surface area contributed by atoms with E-state index >= 15 is 0 Å². The van der Waals surface area contributed by atoms with Gasteiger partial charge in [0.1, 0.15) is 6.04 Å². The Morgan fingerprint density at radius 2 is 2.22 bits per heavy atom. The normalized spacial score (nSPS) is 26.0. The maximum absolute atomic E-state index is 11.0. The van der Waals surface area contributed by atoms with Gasteiger partial charge in [-0.05, 0) is 29.9 Å². The van der Waals surface area contributed by atoms with Crippen LogP contribution in [-0.4, -0.2) is 29.7 Å². The van der Waals surface area contributed by atoms with Crippen LogP contribution in [0.15, 0.2) is 18.2 Å². The van der Waals surface area contributed by atoms with E-state index in [4.69, 9.17) is 14.6 Å². The first-order valence-electron chi connectivity index (χ1n) is 5.74. The van der Waals surface area contributed by atoms with Crippen molar-refractivity contribution in [3.8, 4) is 11.5 Å². The molecule has 1 fully saturated rings. The van der Waals surface area contributed by atoms with Crippen LogP contribution < -0.4 is 14.8 Å². The Morgan fingerprint density at radius 1 is 1.39 bits per heavy atom. The van der Waals surface area contributed by atoms with Crippen molar-refractivity contribution in [2.24, 2.45) is 0 Å². The third-order valence-corrected chi connectivity index (χ3v) is 4.25. The topological polar surface area (TPSA) is 67.8 Å². The average Bonchev–Trinajstić information content (AvgIpc) is 2.86. The number of hydrogen-bond donors (Lipinski definition) is 2. The molecule has 0 amide bonds. The molecule has 3 rings (SSSR count). The number of benzene rings is 1. The Balaban J connectivity index is 1.80. The van der Waals surface area contributed by atoms with Gasteiger partial charge in [-0.15, -0.1) is 11.8 Å². The lowest BCUT2D eigenvalue weighted by Gasteiger charge is -2.28. The van der Waals surface area contributed by atoms with Crippen molar-refractivity contribution in [2.75, 3.05) is 12.5 Å². The van der Waals surface area contributed by atoms with Crippen LogP contribution in [0.3, 0.4) is 0 Å². The molecule has 2 aliphatic heterocycles. The Labute approximate surface area is 108 Å². The van der Waals surface area contributed by atoms with Crippen molar-refractivity contribution in [1.82, 2.24) is 5.32 Å². The lowest BCUT2D eigenvalue weighted by atomic mass is 10.1. The molecule has 0 saturated carbocycles. The zero-order chi connectivity index (χ0) is 12.5. The molecule has 18 heavy (non-hydrogen) atoms. The zero-order valence-electron chi connectivity index (χ0n) is 9.59.